The second kappa shape index (κ2) is 7.07. The van der Waals surface area contributed by atoms with Gasteiger partial charge in [0.25, 0.3) is 0 Å². The predicted molar refractivity (Wildman–Crippen MR) is 79.6 cm³/mol. The van der Waals surface area contributed by atoms with Crippen molar-refractivity contribution in [3.05, 3.63) is 34.9 Å². The highest BCUT2D eigenvalue weighted by atomic mass is 35.5. The van der Waals surface area contributed by atoms with Crippen LogP contribution in [0.25, 0.3) is 0 Å². The molecule has 110 valence electrons. The number of methoxy groups -OCH3 is 1. The van der Waals surface area contributed by atoms with Crippen molar-refractivity contribution < 1.29 is 9.53 Å². The van der Waals surface area contributed by atoms with E-state index in [0.717, 1.165) is 24.9 Å². The third-order valence-electron chi connectivity index (χ3n) is 3.75. The van der Waals surface area contributed by atoms with E-state index in [1.54, 1.807) is 7.11 Å². The maximum atomic E-state index is 12.4. The number of carbonyl (C=O) groups excluding carboxylic acids is 1. The van der Waals surface area contributed by atoms with E-state index in [9.17, 15) is 4.79 Å². The summed E-state index contributed by atoms with van der Waals surface area (Å²) in [6, 6.07) is 7.24. The van der Waals surface area contributed by atoms with Crippen LogP contribution in [0.2, 0.25) is 5.02 Å². The zero-order valence-corrected chi connectivity index (χ0v) is 12.5. The number of amides is 1. The van der Waals surface area contributed by atoms with Gasteiger partial charge in [-0.2, -0.15) is 0 Å². The molecule has 0 spiro atoms. The second-order valence-corrected chi connectivity index (χ2v) is 5.51. The molecule has 2 atom stereocenters. The zero-order valence-electron chi connectivity index (χ0n) is 11.7. The highest BCUT2D eigenvalue weighted by Gasteiger charge is 2.33. The standard InChI is InChI=1S/C15H21ClN2O2/c1-20-10-8-13(17)15(19)18-9-4-7-14(18)11-5-2-3-6-12(11)16/h2-3,5-6,13-14H,4,7-10,17H2,1H3. The fraction of sp³-hybridized carbons (Fsp3) is 0.533. The van der Waals surface area contributed by atoms with Crippen molar-refractivity contribution in [1.29, 1.82) is 0 Å². The Morgan fingerprint density at radius 1 is 1.55 bits per heavy atom. The van der Waals surface area contributed by atoms with Crippen LogP contribution in [0.4, 0.5) is 0 Å². The summed E-state index contributed by atoms with van der Waals surface area (Å²) in [4.78, 5) is 14.3. The highest BCUT2D eigenvalue weighted by molar-refractivity contribution is 6.31. The largest absolute Gasteiger partial charge is 0.385 e. The summed E-state index contributed by atoms with van der Waals surface area (Å²) in [7, 11) is 1.61. The van der Waals surface area contributed by atoms with Gasteiger partial charge in [0.2, 0.25) is 5.91 Å². The minimum atomic E-state index is -0.502. The van der Waals surface area contributed by atoms with Gasteiger partial charge in [-0.15, -0.1) is 0 Å². The van der Waals surface area contributed by atoms with Crippen molar-refractivity contribution in [2.24, 2.45) is 5.73 Å². The van der Waals surface area contributed by atoms with E-state index < -0.39 is 6.04 Å². The number of rotatable bonds is 5. The number of hydrogen-bond donors (Lipinski definition) is 1. The Balaban J connectivity index is 2.11. The van der Waals surface area contributed by atoms with Gasteiger partial charge in [0.05, 0.1) is 12.1 Å². The average Bonchev–Trinajstić information content (AvgIpc) is 2.93. The van der Waals surface area contributed by atoms with Crippen LogP contribution in [-0.2, 0) is 9.53 Å². The van der Waals surface area contributed by atoms with Gasteiger partial charge >= 0.3 is 0 Å². The van der Waals surface area contributed by atoms with E-state index >= 15 is 0 Å². The lowest BCUT2D eigenvalue weighted by atomic mass is 10.0. The van der Waals surface area contributed by atoms with Crippen LogP contribution >= 0.6 is 11.6 Å². The number of likely N-dealkylation sites (tertiary alicyclic amines) is 1. The van der Waals surface area contributed by atoms with Gasteiger partial charge in [0.15, 0.2) is 0 Å². The Kier molecular flexibility index (Phi) is 5.40. The Labute approximate surface area is 124 Å². The number of carbonyl (C=O) groups is 1. The lowest BCUT2D eigenvalue weighted by molar-refractivity contribution is -0.134. The molecule has 1 aliphatic heterocycles. The maximum absolute atomic E-state index is 12.4. The summed E-state index contributed by atoms with van der Waals surface area (Å²) in [5.74, 6) is -0.00975. The van der Waals surface area contributed by atoms with Gasteiger partial charge in [-0.05, 0) is 30.9 Å². The fourth-order valence-corrected chi connectivity index (χ4v) is 2.94. The fourth-order valence-electron chi connectivity index (χ4n) is 2.68. The molecule has 4 nitrogen and oxygen atoms in total. The summed E-state index contributed by atoms with van der Waals surface area (Å²) >= 11 is 6.25. The minimum Gasteiger partial charge on any atom is -0.385 e. The molecule has 1 fully saturated rings. The number of benzene rings is 1. The normalized spacial score (nSPS) is 20.1. The molecule has 1 amide bonds. The molecule has 1 aromatic carbocycles. The summed E-state index contributed by atoms with van der Waals surface area (Å²) in [6.07, 6.45) is 2.46. The Morgan fingerprint density at radius 3 is 3.00 bits per heavy atom. The van der Waals surface area contributed by atoms with Crippen molar-refractivity contribution in [1.82, 2.24) is 4.90 Å². The predicted octanol–water partition coefficient (Wildman–Crippen LogP) is 2.37. The first-order chi connectivity index (χ1) is 9.65. The number of hydrogen-bond acceptors (Lipinski definition) is 3. The SMILES string of the molecule is COCCC(N)C(=O)N1CCCC1c1ccccc1Cl. The van der Waals surface area contributed by atoms with E-state index in [4.69, 9.17) is 22.1 Å². The van der Waals surface area contributed by atoms with E-state index in [-0.39, 0.29) is 11.9 Å². The first kappa shape index (κ1) is 15.3. The Morgan fingerprint density at radius 2 is 2.30 bits per heavy atom. The maximum Gasteiger partial charge on any atom is 0.240 e. The minimum absolute atomic E-state index is 0.00975. The molecule has 1 heterocycles. The topological polar surface area (TPSA) is 55.6 Å². The summed E-state index contributed by atoms with van der Waals surface area (Å²) in [5.41, 5.74) is 6.97. The lowest BCUT2D eigenvalue weighted by Crippen LogP contribution is -2.44. The third-order valence-corrected chi connectivity index (χ3v) is 4.09. The third kappa shape index (κ3) is 3.32. The van der Waals surface area contributed by atoms with Gasteiger partial charge in [-0.1, -0.05) is 29.8 Å². The molecule has 20 heavy (non-hydrogen) atoms. The van der Waals surface area contributed by atoms with Crippen molar-refractivity contribution in [3.63, 3.8) is 0 Å². The molecule has 1 aliphatic rings. The van der Waals surface area contributed by atoms with Crippen molar-refractivity contribution in [2.45, 2.75) is 31.3 Å². The van der Waals surface area contributed by atoms with Crippen molar-refractivity contribution in [2.75, 3.05) is 20.3 Å². The zero-order chi connectivity index (χ0) is 14.5. The first-order valence-corrected chi connectivity index (χ1v) is 7.32. The van der Waals surface area contributed by atoms with Crippen LogP contribution in [0.5, 0.6) is 0 Å². The molecule has 2 rings (SSSR count). The molecule has 1 aromatic rings. The molecule has 0 aromatic heterocycles. The molecule has 5 heteroatoms. The van der Waals surface area contributed by atoms with Crippen molar-refractivity contribution in [3.8, 4) is 0 Å². The van der Waals surface area contributed by atoms with Crippen LogP contribution in [0.3, 0.4) is 0 Å². The van der Waals surface area contributed by atoms with E-state index in [2.05, 4.69) is 0 Å². The number of nitrogens with zero attached hydrogens (tertiary/aromatic N) is 1. The van der Waals surface area contributed by atoms with Crippen LogP contribution < -0.4 is 5.73 Å². The Bertz CT molecular complexity index is 467. The molecule has 0 radical (unpaired) electrons. The van der Waals surface area contributed by atoms with Gasteiger partial charge < -0.3 is 15.4 Å². The van der Waals surface area contributed by atoms with Crippen molar-refractivity contribution >= 4 is 17.5 Å². The van der Waals surface area contributed by atoms with E-state index in [1.165, 1.54) is 0 Å². The summed E-state index contributed by atoms with van der Waals surface area (Å²) < 4.78 is 4.98. The molecular weight excluding hydrogens is 276 g/mol. The average molecular weight is 297 g/mol. The monoisotopic (exact) mass is 296 g/mol. The quantitative estimate of drug-likeness (QED) is 0.907. The van der Waals surface area contributed by atoms with Crippen LogP contribution in [0.15, 0.2) is 24.3 Å². The summed E-state index contributed by atoms with van der Waals surface area (Å²) in [5, 5.41) is 0.711. The number of halogens is 1. The molecule has 2 unspecified atom stereocenters. The molecule has 1 saturated heterocycles. The van der Waals surface area contributed by atoms with E-state index in [1.807, 2.05) is 29.2 Å². The second-order valence-electron chi connectivity index (χ2n) is 5.10. The summed E-state index contributed by atoms with van der Waals surface area (Å²) in [6.45, 7) is 1.24. The van der Waals surface area contributed by atoms with Gasteiger partial charge in [0, 0.05) is 25.3 Å². The molecule has 0 saturated carbocycles. The lowest BCUT2D eigenvalue weighted by Gasteiger charge is -2.28. The molecule has 2 N–H and O–H groups in total. The number of ether oxygens (including phenoxy) is 1. The highest BCUT2D eigenvalue weighted by Crippen LogP contribution is 2.35. The van der Waals surface area contributed by atoms with E-state index in [0.29, 0.717) is 18.1 Å². The smallest absolute Gasteiger partial charge is 0.240 e. The molecule has 0 aliphatic carbocycles. The van der Waals surface area contributed by atoms with Crippen LogP contribution in [0, 0.1) is 0 Å². The molecular formula is C15H21ClN2O2. The van der Waals surface area contributed by atoms with Gasteiger partial charge in [-0.25, -0.2) is 0 Å². The first-order valence-electron chi connectivity index (χ1n) is 6.94. The molecule has 0 bridgehead atoms. The van der Waals surface area contributed by atoms with Gasteiger partial charge in [0.1, 0.15) is 0 Å². The van der Waals surface area contributed by atoms with Crippen LogP contribution in [-0.4, -0.2) is 37.1 Å². The van der Waals surface area contributed by atoms with Gasteiger partial charge in [-0.3, -0.25) is 4.79 Å². The van der Waals surface area contributed by atoms with Crippen LogP contribution in [0.1, 0.15) is 30.9 Å². The Hall–Kier alpha value is -1.10. The number of nitrogens with two attached hydrogens (primary N) is 1.